The highest BCUT2D eigenvalue weighted by atomic mass is 31.2. The van der Waals surface area contributed by atoms with Gasteiger partial charge in [-0.25, -0.2) is 28.3 Å². The summed E-state index contributed by atoms with van der Waals surface area (Å²) in [6, 6.07) is 0. The molecule has 0 radical (unpaired) electrons. The van der Waals surface area contributed by atoms with Crippen LogP contribution in [0.2, 0.25) is 0 Å². The second-order valence-electron chi connectivity index (χ2n) is 6.74. The molecule has 2 saturated heterocycles. The molecule has 2 aromatic heterocycles. The molecule has 0 amide bonds. The Bertz CT molecular complexity index is 944. The average molecular weight is 421 g/mol. The summed E-state index contributed by atoms with van der Waals surface area (Å²) in [7, 11) is -4.16. The largest absolute Gasteiger partial charge is 0.475 e. The molecule has 0 bridgehead atoms. The second kappa shape index (κ2) is 6.65. The molecule has 0 aromatic carbocycles. The van der Waals surface area contributed by atoms with Gasteiger partial charge in [-0.15, -0.1) is 0 Å². The van der Waals surface area contributed by atoms with E-state index in [9.17, 15) is 18.5 Å². The third kappa shape index (κ3) is 2.90. The van der Waals surface area contributed by atoms with Crippen LogP contribution in [0, 0.1) is 0 Å². The number of phosphoric ester groups is 1. The van der Waals surface area contributed by atoms with Crippen LogP contribution in [-0.2, 0) is 22.9 Å². The van der Waals surface area contributed by atoms with E-state index in [1.807, 2.05) is 0 Å². The van der Waals surface area contributed by atoms with Gasteiger partial charge >= 0.3 is 7.82 Å². The van der Waals surface area contributed by atoms with E-state index < -0.39 is 51.0 Å². The number of rotatable bonds is 4. The number of phosphoric acid groups is 1. The highest BCUT2D eigenvalue weighted by Crippen LogP contribution is 2.61. The van der Waals surface area contributed by atoms with Crippen molar-refractivity contribution in [3.63, 3.8) is 0 Å². The molecule has 0 spiro atoms. The second-order valence-corrected chi connectivity index (χ2v) is 8.31. The normalized spacial score (nSPS) is 35.8. The number of hydrogen-bond donors (Lipinski definition) is 2. The molecular weight excluding hydrogens is 403 g/mol. The Morgan fingerprint density at radius 3 is 2.86 bits per heavy atom. The van der Waals surface area contributed by atoms with Crippen molar-refractivity contribution in [1.29, 1.82) is 0 Å². The van der Waals surface area contributed by atoms with Gasteiger partial charge in [0.1, 0.15) is 24.1 Å². The first-order valence-electron chi connectivity index (χ1n) is 8.35. The first-order chi connectivity index (χ1) is 13.2. The van der Waals surface area contributed by atoms with Crippen LogP contribution in [-0.4, -0.2) is 61.6 Å². The molecular formula is C14H18F2N5O6P. The summed E-state index contributed by atoms with van der Waals surface area (Å²) in [5, 5.41) is 10.7. The maximum atomic E-state index is 13.9. The number of aliphatic hydroxyl groups is 1. The lowest BCUT2D eigenvalue weighted by Gasteiger charge is -2.39. The number of alkyl halides is 2. The highest BCUT2D eigenvalue weighted by Gasteiger charge is 2.67. The smallest absolute Gasteiger partial charge is 0.386 e. The minimum Gasteiger partial charge on any atom is -0.386 e. The number of nitrogen functional groups attached to an aromatic ring is 1. The zero-order chi connectivity index (χ0) is 20.3. The first kappa shape index (κ1) is 19.6. The van der Waals surface area contributed by atoms with E-state index in [-0.39, 0.29) is 17.0 Å². The van der Waals surface area contributed by atoms with Gasteiger partial charge in [-0.05, 0) is 13.8 Å². The molecule has 154 valence electrons. The quantitative estimate of drug-likeness (QED) is 0.692. The number of nitrogens with two attached hydrogens (primary N) is 1. The number of ether oxygens (including phenoxy) is 1. The van der Waals surface area contributed by atoms with Crippen molar-refractivity contribution >= 4 is 24.8 Å². The highest BCUT2D eigenvalue weighted by molar-refractivity contribution is 7.48. The Balaban J connectivity index is 1.73. The van der Waals surface area contributed by atoms with Gasteiger partial charge in [0, 0.05) is 0 Å². The lowest BCUT2D eigenvalue weighted by atomic mass is 9.96. The maximum absolute atomic E-state index is 13.9. The van der Waals surface area contributed by atoms with Crippen LogP contribution < -0.4 is 5.73 Å². The topological polar surface area (TPSA) is 144 Å². The van der Waals surface area contributed by atoms with E-state index in [1.54, 1.807) is 13.8 Å². The molecule has 2 aliphatic heterocycles. The molecule has 2 aliphatic rings. The fourth-order valence-corrected chi connectivity index (χ4v) is 4.88. The predicted octanol–water partition coefficient (Wildman–Crippen LogP) is 1.25. The fourth-order valence-electron chi connectivity index (χ4n) is 3.25. The number of fused-ring (bicyclic) bond motifs is 2. The number of imidazole rings is 1. The van der Waals surface area contributed by atoms with E-state index in [4.69, 9.17) is 24.0 Å². The van der Waals surface area contributed by atoms with Crippen molar-refractivity contribution in [2.45, 2.75) is 50.4 Å². The Morgan fingerprint density at radius 1 is 1.43 bits per heavy atom. The summed E-state index contributed by atoms with van der Waals surface area (Å²) in [5.41, 5.74) is 3.76. The first-order valence-corrected chi connectivity index (χ1v) is 9.81. The molecule has 3 N–H and O–H groups in total. The van der Waals surface area contributed by atoms with Crippen LogP contribution in [0.15, 0.2) is 12.7 Å². The molecule has 2 fully saturated rings. The monoisotopic (exact) mass is 421 g/mol. The van der Waals surface area contributed by atoms with Crippen LogP contribution >= 0.6 is 7.82 Å². The van der Waals surface area contributed by atoms with Crippen molar-refractivity contribution in [2.24, 2.45) is 0 Å². The third-order valence-electron chi connectivity index (χ3n) is 4.49. The van der Waals surface area contributed by atoms with Gasteiger partial charge < -0.3 is 15.6 Å². The number of aromatic nitrogens is 4. The summed E-state index contributed by atoms with van der Waals surface area (Å²) in [4.78, 5) is 11.8. The molecule has 4 rings (SSSR count). The summed E-state index contributed by atoms with van der Waals surface area (Å²) in [6.45, 7) is 2.36. The standard InChI is InChI=1S/C14H18F2N5O6P/c1-6(2)26-28(23)24-3-14(13(15)16)9(27-28)8(22)12(25-14)21-5-20-7-10(17)18-4-19-11(7)21/h4-6,8-9,12-13,22H,3H2,1-2H3,(H2,17,18,19)/t8-,9-,12+,14+,28?/m0/s1. The Hall–Kier alpha value is -1.76. The Kier molecular flexibility index (Phi) is 4.64. The number of halogens is 2. The van der Waals surface area contributed by atoms with Gasteiger partial charge in [-0.2, -0.15) is 0 Å². The molecule has 0 aliphatic carbocycles. The maximum Gasteiger partial charge on any atom is 0.475 e. The molecule has 11 nitrogen and oxygen atoms in total. The van der Waals surface area contributed by atoms with Gasteiger partial charge in [-0.1, -0.05) is 0 Å². The average Bonchev–Trinajstić information content (AvgIpc) is 3.15. The van der Waals surface area contributed by atoms with E-state index in [0.29, 0.717) is 0 Å². The van der Waals surface area contributed by atoms with E-state index >= 15 is 0 Å². The zero-order valence-electron chi connectivity index (χ0n) is 14.8. The number of hydrogen-bond acceptors (Lipinski definition) is 10. The number of aliphatic hydroxyl groups excluding tert-OH is 1. The van der Waals surface area contributed by atoms with Crippen LogP contribution in [0.25, 0.3) is 11.2 Å². The molecule has 2 aromatic rings. The van der Waals surface area contributed by atoms with Crippen molar-refractivity contribution in [1.82, 2.24) is 19.5 Å². The van der Waals surface area contributed by atoms with Crippen molar-refractivity contribution in [3.8, 4) is 0 Å². The number of nitrogens with zero attached hydrogens (tertiary/aromatic N) is 4. The minimum absolute atomic E-state index is 0.0756. The summed E-state index contributed by atoms with van der Waals surface area (Å²) in [6.07, 6.45) is -5.96. The molecule has 28 heavy (non-hydrogen) atoms. The molecule has 5 atom stereocenters. The van der Waals surface area contributed by atoms with Gasteiger partial charge in [0.25, 0.3) is 6.43 Å². The van der Waals surface area contributed by atoms with Gasteiger partial charge in [-0.3, -0.25) is 18.1 Å². The predicted molar refractivity (Wildman–Crippen MR) is 89.3 cm³/mol. The molecule has 0 saturated carbocycles. The zero-order valence-corrected chi connectivity index (χ0v) is 15.7. The summed E-state index contributed by atoms with van der Waals surface area (Å²) < 4.78 is 62.6. The Morgan fingerprint density at radius 2 is 2.18 bits per heavy atom. The SMILES string of the molecule is CC(C)OP1(=O)OC[C@@]2(C(F)F)O[C@@H](n3cnc4c(N)ncnc43)[C@@H](O)[C@@H]2O1. The van der Waals surface area contributed by atoms with E-state index in [1.165, 1.54) is 10.9 Å². The lowest BCUT2D eigenvalue weighted by molar-refractivity contribution is -0.208. The van der Waals surface area contributed by atoms with Crippen LogP contribution in [0.3, 0.4) is 0 Å². The minimum atomic E-state index is -4.16. The number of anilines is 1. The van der Waals surface area contributed by atoms with Gasteiger partial charge in [0.05, 0.1) is 19.0 Å². The lowest BCUT2D eigenvalue weighted by Crippen LogP contribution is -2.56. The van der Waals surface area contributed by atoms with Crippen molar-refractivity contribution < 1.29 is 36.8 Å². The van der Waals surface area contributed by atoms with Crippen LogP contribution in [0.4, 0.5) is 14.6 Å². The van der Waals surface area contributed by atoms with Gasteiger partial charge in [0.2, 0.25) is 0 Å². The molecule has 4 heterocycles. The summed E-state index contributed by atoms with van der Waals surface area (Å²) >= 11 is 0. The van der Waals surface area contributed by atoms with Crippen LogP contribution in [0.1, 0.15) is 20.1 Å². The van der Waals surface area contributed by atoms with E-state index in [0.717, 1.165) is 6.33 Å². The van der Waals surface area contributed by atoms with E-state index in [2.05, 4.69) is 15.0 Å². The summed E-state index contributed by atoms with van der Waals surface area (Å²) in [5.74, 6) is 0.0756. The molecule has 14 heteroatoms. The molecule has 1 unspecified atom stereocenters. The van der Waals surface area contributed by atoms with Crippen LogP contribution in [0.5, 0.6) is 0 Å². The fraction of sp³-hybridized carbons (Fsp3) is 0.643. The third-order valence-corrected chi connectivity index (χ3v) is 6.10. The van der Waals surface area contributed by atoms with Crippen molar-refractivity contribution in [3.05, 3.63) is 12.7 Å². The van der Waals surface area contributed by atoms with Crippen molar-refractivity contribution in [2.75, 3.05) is 12.3 Å². The Labute approximate surface area is 157 Å². The van der Waals surface area contributed by atoms with Gasteiger partial charge in [0.15, 0.2) is 23.3 Å².